The Morgan fingerprint density at radius 2 is 2.11 bits per heavy atom. The molecule has 0 aromatic rings. The number of aliphatic hydroxyl groups is 4. The summed E-state index contributed by atoms with van der Waals surface area (Å²) in [5, 5.41) is 47.4. The molecule has 18 heavy (non-hydrogen) atoms. The number of hydrogen-bond donors (Lipinski definition) is 6. The second kappa shape index (κ2) is 5.47. The van der Waals surface area contributed by atoms with Gasteiger partial charge in [0.2, 0.25) is 0 Å². The lowest BCUT2D eigenvalue weighted by Crippen LogP contribution is -2.65. The van der Waals surface area contributed by atoms with Gasteiger partial charge in [-0.25, -0.2) is 4.79 Å². The van der Waals surface area contributed by atoms with Gasteiger partial charge in [-0.3, -0.25) is 0 Å². The fraction of sp³-hybridized carbons (Fsp3) is 0.900. The predicted molar refractivity (Wildman–Crippen MR) is 58.4 cm³/mol. The van der Waals surface area contributed by atoms with E-state index in [1.165, 1.54) is 0 Å². The summed E-state index contributed by atoms with van der Waals surface area (Å²) < 4.78 is 4.86. The number of ether oxygens (including phenoxy) is 1. The minimum Gasteiger partial charge on any atom is -0.477 e. The van der Waals surface area contributed by atoms with Crippen molar-refractivity contribution >= 4 is 5.97 Å². The minimum atomic E-state index is -2.62. The molecule has 0 aliphatic carbocycles. The molecule has 0 radical (unpaired) electrons. The van der Waals surface area contributed by atoms with E-state index in [-0.39, 0.29) is 6.42 Å². The summed E-state index contributed by atoms with van der Waals surface area (Å²) in [7, 11) is 0. The summed E-state index contributed by atoms with van der Waals surface area (Å²) in [5.74, 6) is -4.30. The van der Waals surface area contributed by atoms with Crippen LogP contribution in [0.25, 0.3) is 0 Å². The second-order valence-corrected chi connectivity index (χ2v) is 4.49. The first-order valence-corrected chi connectivity index (χ1v) is 5.66. The molecule has 0 amide bonds. The van der Waals surface area contributed by atoms with Gasteiger partial charge in [-0.2, -0.15) is 0 Å². The van der Waals surface area contributed by atoms with Crippen LogP contribution in [-0.2, 0) is 9.53 Å². The molecular formula is C10H19NO7. The molecule has 8 heteroatoms. The average Bonchev–Trinajstić information content (AvgIpc) is 2.31. The van der Waals surface area contributed by atoms with E-state index in [4.69, 9.17) is 15.6 Å². The normalized spacial score (nSPS) is 40.2. The van der Waals surface area contributed by atoms with Gasteiger partial charge in [0.05, 0.1) is 18.2 Å². The molecule has 6 atom stereocenters. The Labute approximate surface area is 104 Å². The monoisotopic (exact) mass is 265 g/mol. The summed E-state index contributed by atoms with van der Waals surface area (Å²) in [6.45, 7) is 1.60. The largest absolute Gasteiger partial charge is 0.477 e. The van der Waals surface area contributed by atoms with Crippen LogP contribution in [0.1, 0.15) is 19.8 Å². The lowest BCUT2D eigenvalue weighted by Gasteiger charge is -2.43. The summed E-state index contributed by atoms with van der Waals surface area (Å²) in [4.78, 5) is 10.9. The zero-order chi connectivity index (χ0) is 14.1. The smallest absolute Gasteiger partial charge is 0.364 e. The number of carboxylic acids is 1. The Balaban J connectivity index is 2.92. The van der Waals surface area contributed by atoms with E-state index >= 15 is 0 Å². The molecule has 0 spiro atoms. The zero-order valence-electron chi connectivity index (χ0n) is 9.93. The van der Waals surface area contributed by atoms with Crippen LogP contribution in [0.3, 0.4) is 0 Å². The second-order valence-electron chi connectivity index (χ2n) is 4.49. The van der Waals surface area contributed by atoms with Gasteiger partial charge in [0, 0.05) is 6.42 Å². The highest BCUT2D eigenvalue weighted by molar-refractivity contribution is 5.75. The fourth-order valence-corrected chi connectivity index (χ4v) is 1.89. The molecule has 3 unspecified atom stereocenters. The van der Waals surface area contributed by atoms with Gasteiger partial charge in [0.15, 0.2) is 0 Å². The van der Waals surface area contributed by atoms with Gasteiger partial charge < -0.3 is 36.0 Å². The van der Waals surface area contributed by atoms with E-state index in [0.29, 0.717) is 0 Å². The number of aliphatic hydroxyl groups excluding tert-OH is 3. The maximum Gasteiger partial charge on any atom is 0.364 e. The quantitative estimate of drug-likeness (QED) is 0.322. The molecule has 0 bridgehead atoms. The third-order valence-electron chi connectivity index (χ3n) is 3.12. The molecule has 1 aliphatic heterocycles. The minimum absolute atomic E-state index is 0.190. The van der Waals surface area contributed by atoms with E-state index in [2.05, 4.69) is 0 Å². The van der Waals surface area contributed by atoms with E-state index in [1.54, 1.807) is 6.92 Å². The maximum absolute atomic E-state index is 10.9. The highest BCUT2D eigenvalue weighted by atomic mass is 16.7. The van der Waals surface area contributed by atoms with Crippen molar-refractivity contribution in [2.45, 2.75) is 56.0 Å². The Hall–Kier alpha value is -0.770. The molecular weight excluding hydrogens is 246 g/mol. The summed E-state index contributed by atoms with van der Waals surface area (Å²) in [5.41, 5.74) is 5.59. The Morgan fingerprint density at radius 3 is 2.56 bits per heavy atom. The highest BCUT2D eigenvalue weighted by Gasteiger charge is 2.52. The van der Waals surface area contributed by atoms with Crippen LogP contribution in [0.2, 0.25) is 0 Å². The molecule has 106 valence electrons. The number of rotatable bonds is 4. The molecule has 8 nitrogen and oxygen atoms in total. The molecule has 7 N–H and O–H groups in total. The van der Waals surface area contributed by atoms with Crippen LogP contribution in [0, 0.1) is 0 Å². The third-order valence-corrected chi connectivity index (χ3v) is 3.12. The third kappa shape index (κ3) is 2.79. The van der Waals surface area contributed by atoms with Crippen LogP contribution >= 0.6 is 0 Å². The topological polar surface area (TPSA) is 153 Å². The van der Waals surface area contributed by atoms with Crippen molar-refractivity contribution < 1.29 is 35.1 Å². The fourth-order valence-electron chi connectivity index (χ4n) is 1.89. The van der Waals surface area contributed by atoms with E-state index in [0.717, 1.165) is 0 Å². The van der Waals surface area contributed by atoms with Gasteiger partial charge in [0.1, 0.15) is 12.2 Å². The van der Waals surface area contributed by atoms with Crippen LogP contribution in [0.4, 0.5) is 0 Å². The van der Waals surface area contributed by atoms with E-state index in [1.807, 2.05) is 0 Å². The first-order chi connectivity index (χ1) is 8.23. The molecule has 0 aromatic carbocycles. The van der Waals surface area contributed by atoms with Gasteiger partial charge in [-0.1, -0.05) is 6.92 Å². The van der Waals surface area contributed by atoms with Crippen molar-refractivity contribution in [1.82, 2.24) is 0 Å². The molecule has 0 aromatic heterocycles. The number of aliphatic carboxylic acids is 1. The first kappa shape index (κ1) is 15.3. The van der Waals surface area contributed by atoms with Crippen LogP contribution in [0.15, 0.2) is 0 Å². The van der Waals surface area contributed by atoms with Crippen LogP contribution < -0.4 is 5.73 Å². The number of hydrogen-bond acceptors (Lipinski definition) is 7. The van der Waals surface area contributed by atoms with E-state index < -0.39 is 48.6 Å². The first-order valence-electron chi connectivity index (χ1n) is 5.66. The lowest BCUT2D eigenvalue weighted by molar-refractivity contribution is -0.292. The highest BCUT2D eigenvalue weighted by Crippen LogP contribution is 2.29. The number of nitrogens with two attached hydrogens (primary N) is 1. The molecule has 1 aliphatic rings. The summed E-state index contributed by atoms with van der Waals surface area (Å²) >= 11 is 0. The molecule has 1 rings (SSSR count). The molecule has 1 heterocycles. The maximum atomic E-state index is 10.9. The standard InChI is InChI=1S/C10H19NO7/c1-2-4(12)7(14)8-6(11)5(13)3-10(17,18-8)9(15)16/h4-8,12-14,17H,2-3,11H2,1H3,(H,15,16)/t4-,5?,6-,7-,8?,10?/m1/s1. The average molecular weight is 265 g/mol. The molecule has 0 saturated carbocycles. The summed E-state index contributed by atoms with van der Waals surface area (Å²) in [6.07, 6.45) is -5.83. The zero-order valence-corrected chi connectivity index (χ0v) is 9.93. The molecule has 1 saturated heterocycles. The van der Waals surface area contributed by atoms with Gasteiger partial charge in [-0.05, 0) is 6.42 Å². The van der Waals surface area contributed by atoms with Crippen molar-refractivity contribution in [3.63, 3.8) is 0 Å². The van der Waals surface area contributed by atoms with Crippen molar-refractivity contribution in [3.05, 3.63) is 0 Å². The van der Waals surface area contributed by atoms with E-state index in [9.17, 15) is 25.2 Å². The van der Waals surface area contributed by atoms with Gasteiger partial charge in [0.25, 0.3) is 5.79 Å². The SMILES string of the molecule is CC[C@@H](O)[C@@H](O)C1OC(O)(C(=O)O)CC(O)[C@H]1N. The van der Waals surface area contributed by atoms with Crippen molar-refractivity contribution in [3.8, 4) is 0 Å². The van der Waals surface area contributed by atoms with Crippen molar-refractivity contribution in [2.24, 2.45) is 5.73 Å². The van der Waals surface area contributed by atoms with Gasteiger partial charge >= 0.3 is 5.97 Å². The molecule has 1 fully saturated rings. The van der Waals surface area contributed by atoms with Gasteiger partial charge in [-0.15, -0.1) is 0 Å². The summed E-state index contributed by atoms with van der Waals surface area (Å²) in [6, 6.07) is -1.10. The lowest BCUT2D eigenvalue weighted by atomic mass is 9.89. The van der Waals surface area contributed by atoms with Crippen molar-refractivity contribution in [2.75, 3.05) is 0 Å². The van der Waals surface area contributed by atoms with Crippen molar-refractivity contribution in [1.29, 1.82) is 0 Å². The van der Waals surface area contributed by atoms with Crippen LogP contribution in [0.5, 0.6) is 0 Å². The number of carbonyl (C=O) groups is 1. The van der Waals surface area contributed by atoms with Crippen LogP contribution in [-0.4, -0.2) is 67.7 Å². The Morgan fingerprint density at radius 1 is 1.56 bits per heavy atom. The Bertz CT molecular complexity index is 313. The predicted octanol–water partition coefficient (Wildman–Crippen LogP) is -2.63. The number of carboxylic acid groups (broad SMARTS) is 1. The Kier molecular flexibility index (Phi) is 4.65.